The van der Waals surface area contributed by atoms with Crippen LogP contribution in [0.4, 0.5) is 0 Å². The summed E-state index contributed by atoms with van der Waals surface area (Å²) in [6, 6.07) is 4.59. The van der Waals surface area contributed by atoms with Crippen molar-refractivity contribution in [2.45, 2.75) is 39.2 Å². The van der Waals surface area contributed by atoms with Gasteiger partial charge in [-0.3, -0.25) is 0 Å². The van der Waals surface area contributed by atoms with Gasteiger partial charge in [-0.15, -0.1) is 0 Å². The van der Waals surface area contributed by atoms with E-state index < -0.39 is 0 Å². The molecule has 112 valence electrons. The number of nitrogens with one attached hydrogen (secondary N) is 2. The molecular formula is C17H23N3O. The SMILES string of the molecule is COc1cc(C)c([C@@H]2NCCc3[nH]cnc32)cc1C(C)C. The molecule has 0 saturated heterocycles. The molecule has 1 atom stereocenters. The molecule has 2 aromatic rings. The van der Waals surface area contributed by atoms with Gasteiger partial charge in [-0.2, -0.15) is 0 Å². The molecule has 4 heteroatoms. The van der Waals surface area contributed by atoms with E-state index in [9.17, 15) is 0 Å². The molecule has 0 radical (unpaired) electrons. The van der Waals surface area contributed by atoms with Crippen LogP contribution in [-0.2, 0) is 6.42 Å². The molecule has 0 aliphatic carbocycles. The van der Waals surface area contributed by atoms with Crippen LogP contribution in [0.15, 0.2) is 18.5 Å². The summed E-state index contributed by atoms with van der Waals surface area (Å²) < 4.78 is 5.54. The second-order valence-corrected chi connectivity index (χ2v) is 6.01. The molecule has 2 heterocycles. The third-order valence-electron chi connectivity index (χ3n) is 4.30. The third kappa shape index (κ3) is 2.44. The van der Waals surface area contributed by atoms with Crippen molar-refractivity contribution < 1.29 is 4.74 Å². The number of hydrogen-bond acceptors (Lipinski definition) is 3. The first-order chi connectivity index (χ1) is 10.1. The lowest BCUT2D eigenvalue weighted by Crippen LogP contribution is -2.31. The number of rotatable bonds is 3. The number of nitrogens with zero attached hydrogens (tertiary/aromatic N) is 1. The molecule has 2 N–H and O–H groups in total. The summed E-state index contributed by atoms with van der Waals surface area (Å²) in [5, 5.41) is 3.60. The summed E-state index contributed by atoms with van der Waals surface area (Å²) in [6.07, 6.45) is 2.81. The van der Waals surface area contributed by atoms with Crippen molar-refractivity contribution in [1.82, 2.24) is 15.3 Å². The average molecular weight is 285 g/mol. The van der Waals surface area contributed by atoms with Crippen LogP contribution in [0.5, 0.6) is 5.75 Å². The highest BCUT2D eigenvalue weighted by molar-refractivity contribution is 5.47. The summed E-state index contributed by atoms with van der Waals surface area (Å²) in [6.45, 7) is 7.52. The number of hydrogen-bond donors (Lipinski definition) is 2. The summed E-state index contributed by atoms with van der Waals surface area (Å²) in [5.41, 5.74) is 6.17. The summed E-state index contributed by atoms with van der Waals surface area (Å²) in [7, 11) is 1.74. The average Bonchev–Trinajstić information content (AvgIpc) is 2.95. The highest BCUT2D eigenvalue weighted by atomic mass is 16.5. The minimum absolute atomic E-state index is 0.170. The molecule has 4 nitrogen and oxygen atoms in total. The van der Waals surface area contributed by atoms with E-state index in [4.69, 9.17) is 4.74 Å². The second kappa shape index (κ2) is 5.53. The molecule has 1 aromatic heterocycles. The zero-order valence-electron chi connectivity index (χ0n) is 13.2. The van der Waals surface area contributed by atoms with Crippen molar-refractivity contribution in [1.29, 1.82) is 0 Å². The Bertz CT molecular complexity index is 645. The molecular weight excluding hydrogens is 262 g/mol. The highest BCUT2D eigenvalue weighted by Gasteiger charge is 2.26. The van der Waals surface area contributed by atoms with E-state index in [1.165, 1.54) is 22.4 Å². The van der Waals surface area contributed by atoms with Gasteiger partial charge in [0.05, 0.1) is 25.2 Å². The Morgan fingerprint density at radius 2 is 2.14 bits per heavy atom. The Morgan fingerprint density at radius 1 is 1.33 bits per heavy atom. The first-order valence-corrected chi connectivity index (χ1v) is 7.55. The van der Waals surface area contributed by atoms with Gasteiger partial charge >= 0.3 is 0 Å². The van der Waals surface area contributed by atoms with E-state index in [-0.39, 0.29) is 6.04 Å². The highest BCUT2D eigenvalue weighted by Crippen LogP contribution is 2.35. The van der Waals surface area contributed by atoms with E-state index in [0.717, 1.165) is 24.4 Å². The van der Waals surface area contributed by atoms with Crippen molar-refractivity contribution >= 4 is 0 Å². The molecule has 0 spiro atoms. The van der Waals surface area contributed by atoms with Gasteiger partial charge in [0.1, 0.15) is 5.75 Å². The quantitative estimate of drug-likeness (QED) is 0.911. The van der Waals surface area contributed by atoms with Gasteiger partial charge in [-0.25, -0.2) is 4.98 Å². The third-order valence-corrected chi connectivity index (χ3v) is 4.30. The van der Waals surface area contributed by atoms with Crippen molar-refractivity contribution in [3.8, 4) is 5.75 Å². The Morgan fingerprint density at radius 3 is 2.86 bits per heavy atom. The fourth-order valence-corrected chi connectivity index (χ4v) is 3.13. The molecule has 0 bridgehead atoms. The molecule has 1 aliphatic rings. The van der Waals surface area contributed by atoms with Crippen LogP contribution in [0.2, 0.25) is 0 Å². The number of methoxy groups -OCH3 is 1. The molecule has 0 unspecified atom stereocenters. The lowest BCUT2D eigenvalue weighted by molar-refractivity contribution is 0.406. The van der Waals surface area contributed by atoms with Crippen LogP contribution >= 0.6 is 0 Å². The Kier molecular flexibility index (Phi) is 3.72. The molecule has 21 heavy (non-hydrogen) atoms. The number of aromatic amines is 1. The van der Waals surface area contributed by atoms with Crippen molar-refractivity contribution in [3.05, 3.63) is 46.5 Å². The van der Waals surface area contributed by atoms with E-state index in [1.807, 2.05) is 0 Å². The first-order valence-electron chi connectivity index (χ1n) is 7.55. The zero-order valence-corrected chi connectivity index (χ0v) is 13.2. The second-order valence-electron chi connectivity index (χ2n) is 6.01. The number of H-pyrrole nitrogens is 1. The Labute approximate surface area is 125 Å². The normalized spacial score (nSPS) is 17.9. The zero-order chi connectivity index (χ0) is 15.0. The Balaban J connectivity index is 2.10. The number of ether oxygens (including phenoxy) is 1. The number of imidazole rings is 1. The minimum Gasteiger partial charge on any atom is -0.496 e. The van der Waals surface area contributed by atoms with Crippen LogP contribution < -0.4 is 10.1 Å². The van der Waals surface area contributed by atoms with Crippen LogP contribution in [0.3, 0.4) is 0 Å². The summed E-state index contributed by atoms with van der Waals surface area (Å²) in [4.78, 5) is 7.78. The largest absolute Gasteiger partial charge is 0.496 e. The maximum Gasteiger partial charge on any atom is 0.122 e. The molecule has 1 aliphatic heterocycles. The predicted octanol–water partition coefficient (Wildman–Crippen LogP) is 3.09. The van der Waals surface area contributed by atoms with Crippen molar-refractivity contribution in [2.75, 3.05) is 13.7 Å². The van der Waals surface area contributed by atoms with Crippen LogP contribution in [0.25, 0.3) is 0 Å². The lowest BCUT2D eigenvalue weighted by atomic mass is 9.90. The van der Waals surface area contributed by atoms with Gasteiger partial charge in [0.2, 0.25) is 0 Å². The van der Waals surface area contributed by atoms with Gasteiger partial charge < -0.3 is 15.0 Å². The minimum atomic E-state index is 0.170. The summed E-state index contributed by atoms with van der Waals surface area (Å²) >= 11 is 0. The van der Waals surface area contributed by atoms with Crippen molar-refractivity contribution in [2.24, 2.45) is 0 Å². The summed E-state index contributed by atoms with van der Waals surface area (Å²) in [5.74, 6) is 1.41. The maximum absolute atomic E-state index is 5.54. The number of aryl methyl sites for hydroxylation is 1. The van der Waals surface area contributed by atoms with E-state index in [2.05, 4.69) is 48.2 Å². The Hall–Kier alpha value is -1.81. The number of aromatic nitrogens is 2. The maximum atomic E-state index is 5.54. The van der Waals surface area contributed by atoms with Gasteiger partial charge in [-0.1, -0.05) is 13.8 Å². The predicted molar refractivity (Wildman–Crippen MR) is 84.0 cm³/mol. The topological polar surface area (TPSA) is 49.9 Å². The van der Waals surface area contributed by atoms with Gasteiger partial charge in [0, 0.05) is 18.7 Å². The molecule has 1 aromatic carbocycles. The van der Waals surface area contributed by atoms with E-state index in [0.29, 0.717) is 5.92 Å². The van der Waals surface area contributed by atoms with E-state index >= 15 is 0 Å². The first kappa shape index (κ1) is 14.1. The van der Waals surface area contributed by atoms with Gasteiger partial charge in [-0.05, 0) is 41.7 Å². The number of benzene rings is 1. The smallest absolute Gasteiger partial charge is 0.122 e. The van der Waals surface area contributed by atoms with Crippen LogP contribution in [0.1, 0.15) is 53.9 Å². The van der Waals surface area contributed by atoms with Gasteiger partial charge in [0.25, 0.3) is 0 Å². The van der Waals surface area contributed by atoms with Crippen LogP contribution in [-0.4, -0.2) is 23.6 Å². The molecule has 3 rings (SSSR count). The molecule has 0 fully saturated rings. The fourth-order valence-electron chi connectivity index (χ4n) is 3.13. The monoisotopic (exact) mass is 285 g/mol. The van der Waals surface area contributed by atoms with Gasteiger partial charge in [0.15, 0.2) is 0 Å². The molecule has 0 amide bonds. The van der Waals surface area contributed by atoms with Crippen LogP contribution in [0, 0.1) is 6.92 Å². The number of fused-ring (bicyclic) bond motifs is 1. The molecule has 0 saturated carbocycles. The lowest BCUT2D eigenvalue weighted by Gasteiger charge is -2.26. The standard InChI is InChI=1S/C17H23N3O/c1-10(2)12-8-13(11(3)7-15(12)21-4)16-17-14(5-6-18-16)19-9-20-17/h7-10,16,18H,5-6H2,1-4H3,(H,19,20)/t16-/m0/s1. The fraction of sp³-hybridized carbons (Fsp3) is 0.471. The van der Waals surface area contributed by atoms with E-state index in [1.54, 1.807) is 13.4 Å². The van der Waals surface area contributed by atoms with Crippen molar-refractivity contribution in [3.63, 3.8) is 0 Å².